The minimum atomic E-state index is -0.201. The summed E-state index contributed by atoms with van der Waals surface area (Å²) in [5.41, 5.74) is 3.12. The molecule has 0 aliphatic heterocycles. The zero-order valence-electron chi connectivity index (χ0n) is 14.0. The van der Waals surface area contributed by atoms with Crippen molar-refractivity contribution >= 4 is 17.5 Å². The van der Waals surface area contributed by atoms with Crippen LogP contribution in [0.3, 0.4) is 0 Å². The van der Waals surface area contributed by atoms with E-state index in [1.807, 2.05) is 61.5 Å². The van der Waals surface area contributed by atoms with Gasteiger partial charge in [0.1, 0.15) is 0 Å². The summed E-state index contributed by atoms with van der Waals surface area (Å²) in [7, 11) is 1.76. The fraction of sp³-hybridized carbons (Fsp3) is 0.300. The van der Waals surface area contributed by atoms with Crippen molar-refractivity contribution in [2.24, 2.45) is 11.8 Å². The van der Waals surface area contributed by atoms with Gasteiger partial charge in [-0.25, -0.2) is 0 Å². The largest absolute Gasteiger partial charge is 0.352 e. The van der Waals surface area contributed by atoms with Crippen molar-refractivity contribution in [2.75, 3.05) is 11.9 Å². The minimum absolute atomic E-state index is 0.0108. The van der Waals surface area contributed by atoms with E-state index in [1.165, 1.54) is 5.56 Å². The highest BCUT2D eigenvalue weighted by Gasteiger charge is 2.49. The summed E-state index contributed by atoms with van der Waals surface area (Å²) in [6.45, 7) is 2.54. The number of rotatable bonds is 5. The maximum Gasteiger partial charge on any atom is 0.230 e. The molecule has 4 heteroatoms. The van der Waals surface area contributed by atoms with Gasteiger partial charge in [0.2, 0.25) is 11.8 Å². The van der Waals surface area contributed by atoms with Gasteiger partial charge in [0.25, 0.3) is 0 Å². The zero-order chi connectivity index (χ0) is 17.1. The van der Waals surface area contributed by atoms with Crippen molar-refractivity contribution in [3.05, 3.63) is 65.7 Å². The van der Waals surface area contributed by atoms with Crippen LogP contribution in [-0.2, 0) is 16.1 Å². The Bertz CT molecular complexity index is 725. The Morgan fingerprint density at radius 1 is 1.04 bits per heavy atom. The molecule has 2 amide bonds. The number of carbonyl (C=O) groups excluding carboxylic acids is 2. The predicted molar refractivity (Wildman–Crippen MR) is 94.5 cm³/mol. The molecule has 24 heavy (non-hydrogen) atoms. The molecule has 1 N–H and O–H groups in total. The quantitative estimate of drug-likeness (QED) is 0.920. The standard InChI is InChI=1S/C20H22N2O2/c1-14-8-10-15(11-9-14)13-21-19(23)17-12-18(17)20(24)22(2)16-6-4-3-5-7-16/h3-11,17-18H,12-13H2,1-2H3,(H,21,23). The molecule has 124 valence electrons. The highest BCUT2D eigenvalue weighted by atomic mass is 16.2. The molecule has 4 nitrogen and oxygen atoms in total. The second-order valence-electron chi connectivity index (χ2n) is 6.38. The molecule has 2 aromatic carbocycles. The lowest BCUT2D eigenvalue weighted by atomic mass is 10.1. The van der Waals surface area contributed by atoms with E-state index in [0.717, 1.165) is 11.3 Å². The number of benzene rings is 2. The lowest BCUT2D eigenvalue weighted by Gasteiger charge is -2.17. The van der Waals surface area contributed by atoms with Crippen LogP contribution < -0.4 is 10.2 Å². The molecule has 0 saturated heterocycles. The molecule has 2 aromatic rings. The Hall–Kier alpha value is -2.62. The van der Waals surface area contributed by atoms with Crippen LogP contribution in [0.4, 0.5) is 5.69 Å². The van der Waals surface area contributed by atoms with E-state index in [1.54, 1.807) is 11.9 Å². The SMILES string of the molecule is Cc1ccc(CNC(=O)C2CC2C(=O)N(C)c2ccccc2)cc1. The summed E-state index contributed by atoms with van der Waals surface area (Å²) in [5, 5.41) is 2.93. The first-order valence-corrected chi connectivity index (χ1v) is 8.22. The summed E-state index contributed by atoms with van der Waals surface area (Å²) in [5.74, 6) is -0.422. The summed E-state index contributed by atoms with van der Waals surface area (Å²) in [6, 6.07) is 17.6. The molecule has 2 atom stereocenters. The number of carbonyl (C=O) groups is 2. The molecule has 2 unspecified atom stereocenters. The number of aryl methyl sites for hydroxylation is 1. The monoisotopic (exact) mass is 322 g/mol. The lowest BCUT2D eigenvalue weighted by molar-refractivity contribution is -0.126. The van der Waals surface area contributed by atoms with Crippen LogP contribution in [0.25, 0.3) is 0 Å². The fourth-order valence-corrected chi connectivity index (χ4v) is 2.81. The third kappa shape index (κ3) is 3.65. The van der Waals surface area contributed by atoms with E-state index < -0.39 is 0 Å². The van der Waals surface area contributed by atoms with Gasteiger partial charge in [-0.1, -0.05) is 48.0 Å². The summed E-state index contributed by atoms with van der Waals surface area (Å²) in [4.78, 5) is 26.4. The van der Waals surface area contributed by atoms with Crippen molar-refractivity contribution in [1.29, 1.82) is 0 Å². The smallest absolute Gasteiger partial charge is 0.230 e. The molecule has 1 saturated carbocycles. The summed E-state index contributed by atoms with van der Waals surface area (Å²) < 4.78 is 0. The number of nitrogens with one attached hydrogen (secondary N) is 1. The molecular weight excluding hydrogens is 300 g/mol. The van der Waals surface area contributed by atoms with E-state index in [0.29, 0.717) is 13.0 Å². The van der Waals surface area contributed by atoms with Crippen molar-refractivity contribution in [1.82, 2.24) is 5.32 Å². The highest BCUT2D eigenvalue weighted by Crippen LogP contribution is 2.40. The topological polar surface area (TPSA) is 49.4 Å². The Balaban J connectivity index is 1.51. The third-order valence-corrected chi connectivity index (χ3v) is 4.51. The Morgan fingerprint density at radius 3 is 2.38 bits per heavy atom. The van der Waals surface area contributed by atoms with E-state index in [4.69, 9.17) is 0 Å². The van der Waals surface area contributed by atoms with E-state index >= 15 is 0 Å². The predicted octanol–water partition coefficient (Wildman–Crippen LogP) is 2.91. The normalized spacial score (nSPS) is 18.8. The summed E-state index contributed by atoms with van der Waals surface area (Å²) in [6.07, 6.45) is 0.635. The zero-order valence-corrected chi connectivity index (χ0v) is 14.0. The van der Waals surface area contributed by atoms with Gasteiger partial charge in [-0.05, 0) is 31.0 Å². The molecule has 0 aromatic heterocycles. The third-order valence-electron chi connectivity index (χ3n) is 4.51. The summed E-state index contributed by atoms with van der Waals surface area (Å²) >= 11 is 0. The second kappa shape index (κ2) is 6.87. The van der Waals surface area contributed by atoms with E-state index in [9.17, 15) is 9.59 Å². The van der Waals surface area contributed by atoms with Crippen LogP contribution in [0, 0.1) is 18.8 Å². The van der Waals surface area contributed by atoms with Crippen LogP contribution in [0.2, 0.25) is 0 Å². The maximum atomic E-state index is 12.5. The molecule has 1 fully saturated rings. The Labute approximate surface area is 142 Å². The van der Waals surface area contributed by atoms with Crippen molar-refractivity contribution in [3.8, 4) is 0 Å². The van der Waals surface area contributed by atoms with Gasteiger partial charge in [0, 0.05) is 19.3 Å². The van der Waals surface area contributed by atoms with Crippen LogP contribution in [0.5, 0.6) is 0 Å². The molecule has 1 aliphatic rings. The van der Waals surface area contributed by atoms with E-state index in [-0.39, 0.29) is 23.7 Å². The molecule has 0 bridgehead atoms. The Morgan fingerprint density at radius 2 is 1.71 bits per heavy atom. The first kappa shape index (κ1) is 16.2. The van der Waals surface area contributed by atoms with Crippen LogP contribution >= 0.6 is 0 Å². The maximum absolute atomic E-state index is 12.5. The minimum Gasteiger partial charge on any atom is -0.352 e. The van der Waals surface area contributed by atoms with Crippen molar-refractivity contribution in [2.45, 2.75) is 19.9 Å². The Kier molecular flexibility index (Phi) is 4.65. The highest BCUT2D eigenvalue weighted by molar-refractivity contribution is 6.00. The van der Waals surface area contributed by atoms with Gasteiger partial charge >= 0.3 is 0 Å². The van der Waals surface area contributed by atoms with Gasteiger partial charge in [-0.3, -0.25) is 9.59 Å². The number of amides is 2. The average molecular weight is 322 g/mol. The van der Waals surface area contributed by atoms with Gasteiger partial charge in [-0.15, -0.1) is 0 Å². The van der Waals surface area contributed by atoms with Crippen LogP contribution in [0.1, 0.15) is 17.5 Å². The molecule has 0 heterocycles. The number of para-hydroxylation sites is 1. The van der Waals surface area contributed by atoms with Gasteiger partial charge < -0.3 is 10.2 Å². The second-order valence-corrected chi connectivity index (χ2v) is 6.38. The molecular formula is C20H22N2O2. The van der Waals surface area contributed by atoms with Gasteiger partial charge in [-0.2, -0.15) is 0 Å². The fourth-order valence-electron chi connectivity index (χ4n) is 2.81. The van der Waals surface area contributed by atoms with Crippen molar-refractivity contribution in [3.63, 3.8) is 0 Å². The number of hydrogen-bond donors (Lipinski definition) is 1. The van der Waals surface area contributed by atoms with Gasteiger partial charge in [0.15, 0.2) is 0 Å². The van der Waals surface area contributed by atoms with Gasteiger partial charge in [0.05, 0.1) is 11.8 Å². The van der Waals surface area contributed by atoms with Crippen molar-refractivity contribution < 1.29 is 9.59 Å². The number of anilines is 1. The molecule has 0 radical (unpaired) electrons. The van der Waals surface area contributed by atoms with E-state index in [2.05, 4.69) is 5.32 Å². The molecule has 0 spiro atoms. The first-order valence-electron chi connectivity index (χ1n) is 8.22. The first-order chi connectivity index (χ1) is 11.6. The average Bonchev–Trinajstić information content (AvgIpc) is 3.41. The van der Waals surface area contributed by atoms with Crippen LogP contribution in [0.15, 0.2) is 54.6 Å². The number of nitrogens with zero attached hydrogens (tertiary/aromatic N) is 1. The lowest BCUT2D eigenvalue weighted by Crippen LogP contribution is -2.31. The molecule has 3 rings (SSSR count). The number of hydrogen-bond acceptors (Lipinski definition) is 2. The molecule has 1 aliphatic carbocycles. The van der Waals surface area contributed by atoms with Crippen LogP contribution in [-0.4, -0.2) is 18.9 Å².